The van der Waals surface area contributed by atoms with Gasteiger partial charge in [0, 0.05) is 0 Å². The Labute approximate surface area is 79.5 Å². The first kappa shape index (κ1) is 16.2. The van der Waals surface area contributed by atoms with E-state index in [4.69, 9.17) is 0 Å². The first-order valence-corrected chi connectivity index (χ1v) is 4.98. The average Bonchev–Trinajstić information content (AvgIpc) is 1.61. The van der Waals surface area contributed by atoms with Crippen LogP contribution in [0, 0.1) is 0 Å². The Morgan fingerprint density at radius 3 is 1.75 bits per heavy atom. The van der Waals surface area contributed by atoms with Crippen LogP contribution in [0.4, 0.5) is 0 Å². The van der Waals surface area contributed by atoms with E-state index in [1.165, 1.54) is 23.4 Å². The molecule has 0 saturated carbocycles. The average molecular weight is 351 g/mol. The van der Waals surface area contributed by atoms with Gasteiger partial charge in [-0.15, -0.1) is 0 Å². The monoisotopic (exact) mass is 350 g/mol. The molecule has 0 atom stereocenters. The van der Waals surface area contributed by atoms with Crippen LogP contribution in [0.3, 0.4) is 0 Å². The SMILES string of the molecule is CCCC[CH2][Bi+2].[Cl-].[Cl-]. The molecule has 8 heavy (non-hydrogen) atoms. The summed E-state index contributed by atoms with van der Waals surface area (Å²) in [7, 11) is 0. The van der Waals surface area contributed by atoms with Crippen molar-refractivity contribution in [1.29, 1.82) is 0 Å². The fraction of sp³-hybridized carbons (Fsp3) is 1.00. The van der Waals surface area contributed by atoms with Crippen LogP contribution < -0.4 is 24.8 Å². The standard InChI is InChI=1S/C5H11.Bi.2ClH/c1-3-5-4-2;;;/h1,3-5H2,2H3;;2*1H/q;+2;;/p-2. The first-order valence-electron chi connectivity index (χ1n) is 2.52. The molecule has 50 valence electrons. The molecule has 0 rings (SSSR count). The zero-order valence-corrected chi connectivity index (χ0v) is 10.0. The van der Waals surface area contributed by atoms with E-state index in [9.17, 15) is 0 Å². The Morgan fingerprint density at radius 1 is 1.12 bits per heavy atom. The van der Waals surface area contributed by atoms with Gasteiger partial charge in [-0.1, -0.05) is 0 Å². The minimum absolute atomic E-state index is 0. The molecule has 0 aliphatic carbocycles. The molecule has 0 aliphatic rings. The molecule has 0 saturated heterocycles. The van der Waals surface area contributed by atoms with Crippen molar-refractivity contribution >= 4 is 24.7 Å². The Balaban J connectivity index is -0.000000125. The number of hydrogen-bond acceptors (Lipinski definition) is 0. The molecule has 3 heteroatoms. The zero-order chi connectivity index (χ0) is 4.83. The summed E-state index contributed by atoms with van der Waals surface area (Å²) in [6, 6.07) is 0. The van der Waals surface area contributed by atoms with Crippen molar-refractivity contribution in [2.45, 2.75) is 30.3 Å². The summed E-state index contributed by atoms with van der Waals surface area (Å²) >= 11 is 1.57. The van der Waals surface area contributed by atoms with Gasteiger partial charge in [0.1, 0.15) is 0 Å². The van der Waals surface area contributed by atoms with E-state index < -0.39 is 0 Å². The van der Waals surface area contributed by atoms with Crippen molar-refractivity contribution in [1.82, 2.24) is 0 Å². The van der Waals surface area contributed by atoms with Gasteiger partial charge in [-0.05, 0) is 0 Å². The van der Waals surface area contributed by atoms with Crippen LogP contribution in [-0.4, -0.2) is 24.7 Å². The first-order chi connectivity index (χ1) is 2.91. The molecule has 0 spiro atoms. The van der Waals surface area contributed by atoms with Gasteiger partial charge < -0.3 is 24.8 Å². The molecule has 0 N–H and O–H groups in total. The molecule has 0 aromatic carbocycles. The Kier molecular flexibility index (Phi) is 32.0. The Hall–Kier alpha value is 1.46. The van der Waals surface area contributed by atoms with Crippen molar-refractivity contribution in [2.24, 2.45) is 0 Å². The molecule has 0 aromatic rings. The fourth-order valence-electron chi connectivity index (χ4n) is 0.362. The molecular weight excluding hydrogens is 340 g/mol. The minimum Gasteiger partial charge on any atom is -1.00 e. The maximum Gasteiger partial charge on any atom is -1.00 e. The predicted molar refractivity (Wildman–Crippen MR) is 30.1 cm³/mol. The smallest absolute Gasteiger partial charge is 1.00 e. The van der Waals surface area contributed by atoms with Crippen molar-refractivity contribution in [3.8, 4) is 0 Å². The minimum atomic E-state index is 0. The van der Waals surface area contributed by atoms with E-state index in [-0.39, 0.29) is 24.8 Å². The topological polar surface area (TPSA) is 0 Å². The van der Waals surface area contributed by atoms with E-state index in [1.807, 2.05) is 0 Å². The summed E-state index contributed by atoms with van der Waals surface area (Å²) in [6.07, 6.45) is 4.28. The van der Waals surface area contributed by atoms with E-state index in [0.29, 0.717) is 0 Å². The van der Waals surface area contributed by atoms with E-state index in [1.54, 1.807) is 24.7 Å². The third kappa shape index (κ3) is 15.7. The number of unbranched alkanes of at least 4 members (excludes halogenated alkanes) is 2. The Morgan fingerprint density at radius 2 is 1.62 bits per heavy atom. The maximum absolute atomic E-state index is 2.24. The quantitative estimate of drug-likeness (QED) is 0.357. The number of rotatable bonds is 3. The van der Waals surface area contributed by atoms with Crippen molar-refractivity contribution in [3.05, 3.63) is 0 Å². The summed E-state index contributed by atoms with van der Waals surface area (Å²) in [4.78, 5) is 0. The van der Waals surface area contributed by atoms with Crippen molar-refractivity contribution in [2.75, 3.05) is 0 Å². The summed E-state index contributed by atoms with van der Waals surface area (Å²) in [5, 5.41) is 0. The van der Waals surface area contributed by atoms with Crippen LogP contribution in [0.15, 0.2) is 0 Å². The van der Waals surface area contributed by atoms with Gasteiger partial charge in [0.2, 0.25) is 0 Å². The van der Waals surface area contributed by atoms with Gasteiger partial charge in [-0.25, -0.2) is 0 Å². The summed E-state index contributed by atoms with van der Waals surface area (Å²) in [6.45, 7) is 2.24. The molecule has 0 nitrogen and oxygen atoms in total. The number of halogens is 2. The van der Waals surface area contributed by atoms with Crippen LogP contribution in [0.2, 0.25) is 4.13 Å². The summed E-state index contributed by atoms with van der Waals surface area (Å²) < 4.78 is 1.47. The van der Waals surface area contributed by atoms with Crippen molar-refractivity contribution in [3.63, 3.8) is 0 Å². The van der Waals surface area contributed by atoms with Crippen LogP contribution >= 0.6 is 0 Å². The molecule has 0 aliphatic heterocycles. The van der Waals surface area contributed by atoms with Crippen LogP contribution in [-0.2, 0) is 0 Å². The van der Waals surface area contributed by atoms with Gasteiger partial charge in [0.25, 0.3) is 0 Å². The zero-order valence-electron chi connectivity index (χ0n) is 5.03. The molecular formula is C5H11BiCl2. The largest absolute Gasteiger partial charge is 1.00 e. The second-order valence-corrected chi connectivity index (χ2v) is 3.17. The van der Waals surface area contributed by atoms with Crippen LogP contribution in [0.1, 0.15) is 26.2 Å². The van der Waals surface area contributed by atoms with Gasteiger partial charge >= 0.3 is 55.0 Å². The second-order valence-electron chi connectivity index (χ2n) is 1.43. The maximum atomic E-state index is 2.24. The van der Waals surface area contributed by atoms with Crippen LogP contribution in [0.25, 0.3) is 0 Å². The third-order valence-corrected chi connectivity index (χ3v) is 1.99. The predicted octanol–water partition coefficient (Wildman–Crippen LogP) is -4.23. The molecule has 0 amide bonds. The van der Waals surface area contributed by atoms with E-state index >= 15 is 0 Å². The number of hydrogen-bond donors (Lipinski definition) is 0. The molecule has 0 unspecified atom stereocenters. The second kappa shape index (κ2) is 15.8. The summed E-state index contributed by atoms with van der Waals surface area (Å²) in [5.41, 5.74) is 0. The molecule has 0 heterocycles. The van der Waals surface area contributed by atoms with Gasteiger partial charge in [0.15, 0.2) is 0 Å². The Bertz CT molecular complexity index is 22.4. The van der Waals surface area contributed by atoms with Gasteiger partial charge in [-0.3, -0.25) is 0 Å². The molecule has 0 aromatic heterocycles. The van der Waals surface area contributed by atoms with Crippen molar-refractivity contribution < 1.29 is 24.8 Å². The fourth-order valence-corrected chi connectivity index (χ4v) is 1.23. The molecule has 2 radical (unpaired) electrons. The van der Waals surface area contributed by atoms with Gasteiger partial charge in [-0.2, -0.15) is 0 Å². The van der Waals surface area contributed by atoms with Gasteiger partial charge in [0.05, 0.1) is 0 Å². The molecule has 0 bridgehead atoms. The summed E-state index contributed by atoms with van der Waals surface area (Å²) in [5.74, 6) is 0. The van der Waals surface area contributed by atoms with E-state index in [2.05, 4.69) is 6.92 Å². The van der Waals surface area contributed by atoms with Crippen LogP contribution in [0.5, 0.6) is 0 Å². The molecule has 0 fully saturated rings. The third-order valence-electron chi connectivity index (χ3n) is 0.762. The van der Waals surface area contributed by atoms with E-state index in [0.717, 1.165) is 0 Å². The normalized spacial score (nSPS) is 6.62.